The largest absolute Gasteiger partial charge is 0.376 e. The van der Waals surface area contributed by atoms with E-state index in [1.54, 1.807) is 0 Å². The molecule has 23 heavy (non-hydrogen) atoms. The predicted octanol–water partition coefficient (Wildman–Crippen LogP) is 2.60. The summed E-state index contributed by atoms with van der Waals surface area (Å²) in [5.41, 5.74) is 4.56. The molecule has 0 N–H and O–H groups in total. The van der Waals surface area contributed by atoms with E-state index in [0.717, 1.165) is 30.0 Å². The van der Waals surface area contributed by atoms with E-state index < -0.39 is 0 Å². The van der Waals surface area contributed by atoms with E-state index in [1.165, 1.54) is 5.56 Å². The molecule has 0 saturated carbocycles. The first kappa shape index (κ1) is 13.8. The van der Waals surface area contributed by atoms with Crippen LogP contribution in [0.3, 0.4) is 0 Å². The van der Waals surface area contributed by atoms with Crippen molar-refractivity contribution in [2.45, 2.75) is 6.42 Å². The number of rotatable bonds is 2. The Bertz CT molecular complexity index is 897. The highest BCUT2D eigenvalue weighted by molar-refractivity contribution is 6.06. The number of carbonyl (C=O) groups is 1. The van der Waals surface area contributed by atoms with E-state index in [4.69, 9.17) is 0 Å². The number of para-hydroxylation sites is 1. The lowest BCUT2D eigenvalue weighted by Crippen LogP contribution is -2.29. The number of amides is 1. The van der Waals surface area contributed by atoms with Gasteiger partial charge in [0.25, 0.3) is 5.91 Å². The van der Waals surface area contributed by atoms with Gasteiger partial charge in [-0.1, -0.05) is 18.2 Å². The number of fused-ring (bicyclic) bond motifs is 2. The zero-order chi connectivity index (χ0) is 16.0. The van der Waals surface area contributed by atoms with E-state index in [1.807, 2.05) is 71.0 Å². The average molecular weight is 306 g/mol. The molecule has 1 aromatic carbocycles. The van der Waals surface area contributed by atoms with Crippen LogP contribution in [0.25, 0.3) is 5.65 Å². The maximum atomic E-state index is 12.8. The second-order valence-corrected chi connectivity index (χ2v) is 6.01. The van der Waals surface area contributed by atoms with Crippen molar-refractivity contribution >= 4 is 22.9 Å². The van der Waals surface area contributed by atoms with E-state index in [9.17, 15) is 4.79 Å². The van der Waals surface area contributed by atoms with Gasteiger partial charge in [0, 0.05) is 38.7 Å². The molecule has 5 heteroatoms. The van der Waals surface area contributed by atoms with E-state index >= 15 is 0 Å². The van der Waals surface area contributed by atoms with Crippen molar-refractivity contribution in [2.24, 2.45) is 0 Å². The molecule has 0 unspecified atom stereocenters. The molecule has 0 spiro atoms. The van der Waals surface area contributed by atoms with Crippen LogP contribution in [-0.2, 0) is 6.42 Å². The number of aromatic nitrogens is 2. The lowest BCUT2D eigenvalue weighted by molar-refractivity contribution is 0.0985. The Balaban J connectivity index is 1.71. The van der Waals surface area contributed by atoms with E-state index in [2.05, 4.69) is 11.1 Å². The predicted molar refractivity (Wildman–Crippen MR) is 91.3 cm³/mol. The minimum atomic E-state index is -0.0370. The number of imidazole rings is 1. The summed E-state index contributed by atoms with van der Waals surface area (Å²) in [6, 6.07) is 12.0. The molecule has 3 heterocycles. The monoisotopic (exact) mass is 306 g/mol. The number of carbonyl (C=O) groups excluding carboxylic acids is 1. The summed E-state index contributed by atoms with van der Waals surface area (Å²) in [5.74, 6) is -0.0370. The molecule has 3 aromatic rings. The minimum Gasteiger partial charge on any atom is -0.376 e. The highest BCUT2D eigenvalue weighted by Gasteiger charge is 2.26. The highest BCUT2D eigenvalue weighted by Crippen LogP contribution is 2.28. The Morgan fingerprint density at radius 3 is 2.78 bits per heavy atom. The van der Waals surface area contributed by atoms with Crippen molar-refractivity contribution in [2.75, 3.05) is 30.4 Å². The molecule has 2 aromatic heterocycles. The Labute approximate surface area is 134 Å². The number of nitrogens with zero attached hydrogens (tertiary/aromatic N) is 4. The van der Waals surface area contributed by atoms with Crippen LogP contribution >= 0.6 is 0 Å². The first-order valence-corrected chi connectivity index (χ1v) is 7.69. The van der Waals surface area contributed by atoms with Crippen LogP contribution in [0.2, 0.25) is 0 Å². The quantitative estimate of drug-likeness (QED) is 0.731. The minimum absolute atomic E-state index is 0.0370. The van der Waals surface area contributed by atoms with E-state index in [-0.39, 0.29) is 5.91 Å². The summed E-state index contributed by atoms with van der Waals surface area (Å²) in [5, 5.41) is 0. The average Bonchev–Trinajstić information content (AvgIpc) is 3.17. The molecule has 0 fully saturated rings. The third-order valence-electron chi connectivity index (χ3n) is 4.30. The zero-order valence-corrected chi connectivity index (χ0v) is 13.2. The van der Waals surface area contributed by atoms with Gasteiger partial charge in [-0.15, -0.1) is 0 Å². The summed E-state index contributed by atoms with van der Waals surface area (Å²) in [7, 11) is 3.98. The molecule has 1 aliphatic rings. The highest BCUT2D eigenvalue weighted by atomic mass is 16.2. The fraction of sp³-hybridized carbons (Fsp3) is 0.222. The van der Waals surface area contributed by atoms with Gasteiger partial charge in [0.1, 0.15) is 11.3 Å². The smallest absolute Gasteiger partial charge is 0.278 e. The normalized spacial score (nSPS) is 13.4. The number of pyridine rings is 1. The van der Waals surface area contributed by atoms with Gasteiger partial charge >= 0.3 is 0 Å². The molecule has 0 bridgehead atoms. The van der Waals surface area contributed by atoms with Crippen LogP contribution in [0.5, 0.6) is 0 Å². The van der Waals surface area contributed by atoms with Crippen molar-refractivity contribution in [3.63, 3.8) is 0 Å². The SMILES string of the molecule is CN(C)c1ccc2nc(C(=O)N3CCc4ccccc43)cn2c1. The van der Waals surface area contributed by atoms with Crippen LogP contribution < -0.4 is 9.80 Å². The fourth-order valence-electron chi connectivity index (χ4n) is 3.04. The summed E-state index contributed by atoms with van der Waals surface area (Å²) in [6.45, 7) is 0.717. The number of anilines is 2. The Morgan fingerprint density at radius 2 is 1.96 bits per heavy atom. The van der Waals surface area contributed by atoms with Crippen LogP contribution in [0.1, 0.15) is 16.1 Å². The Morgan fingerprint density at radius 1 is 1.13 bits per heavy atom. The van der Waals surface area contributed by atoms with Crippen LogP contribution in [0.4, 0.5) is 11.4 Å². The molecule has 0 atom stereocenters. The maximum Gasteiger partial charge on any atom is 0.278 e. The maximum absolute atomic E-state index is 12.8. The summed E-state index contributed by atoms with van der Waals surface area (Å²) >= 11 is 0. The van der Waals surface area contributed by atoms with Gasteiger partial charge in [-0.25, -0.2) is 4.98 Å². The zero-order valence-electron chi connectivity index (χ0n) is 13.2. The first-order valence-electron chi connectivity index (χ1n) is 7.69. The van der Waals surface area contributed by atoms with Gasteiger partial charge in [-0.3, -0.25) is 4.79 Å². The molecule has 0 aliphatic carbocycles. The lowest BCUT2D eigenvalue weighted by Gasteiger charge is -2.15. The first-order chi connectivity index (χ1) is 11.1. The molecular weight excluding hydrogens is 288 g/mol. The third-order valence-corrected chi connectivity index (χ3v) is 4.30. The van der Waals surface area contributed by atoms with Crippen molar-refractivity contribution in [1.29, 1.82) is 0 Å². The fourth-order valence-corrected chi connectivity index (χ4v) is 3.04. The molecule has 0 saturated heterocycles. The topological polar surface area (TPSA) is 40.9 Å². The Kier molecular flexibility index (Phi) is 3.08. The van der Waals surface area contributed by atoms with Crippen molar-refractivity contribution in [1.82, 2.24) is 9.38 Å². The van der Waals surface area contributed by atoms with Crippen LogP contribution in [0.15, 0.2) is 48.8 Å². The molecule has 1 aliphatic heterocycles. The summed E-state index contributed by atoms with van der Waals surface area (Å²) < 4.78 is 1.91. The molecule has 4 rings (SSSR count). The summed E-state index contributed by atoms with van der Waals surface area (Å²) in [4.78, 5) is 21.2. The van der Waals surface area contributed by atoms with Crippen molar-refractivity contribution in [3.05, 3.63) is 60.0 Å². The third kappa shape index (κ3) is 2.25. The number of hydrogen-bond acceptors (Lipinski definition) is 3. The molecule has 116 valence electrons. The van der Waals surface area contributed by atoms with Crippen LogP contribution in [0, 0.1) is 0 Å². The number of benzene rings is 1. The standard InChI is InChI=1S/C18H18N4O/c1-20(2)14-7-8-17-19-15(12-21(17)11-14)18(23)22-10-9-13-5-3-4-6-16(13)22/h3-8,11-12H,9-10H2,1-2H3. The van der Waals surface area contributed by atoms with Crippen molar-refractivity contribution in [3.8, 4) is 0 Å². The molecule has 1 amide bonds. The Hall–Kier alpha value is -2.82. The van der Waals surface area contributed by atoms with Gasteiger partial charge in [0.15, 0.2) is 0 Å². The van der Waals surface area contributed by atoms with Gasteiger partial charge in [-0.2, -0.15) is 0 Å². The molecule has 5 nitrogen and oxygen atoms in total. The molecular formula is C18H18N4O. The summed E-state index contributed by atoms with van der Waals surface area (Å²) in [6.07, 6.45) is 4.70. The van der Waals surface area contributed by atoms with E-state index in [0.29, 0.717) is 5.69 Å². The molecule has 0 radical (unpaired) electrons. The van der Waals surface area contributed by atoms with Crippen molar-refractivity contribution < 1.29 is 4.79 Å². The van der Waals surface area contributed by atoms with Gasteiger partial charge in [0.2, 0.25) is 0 Å². The lowest BCUT2D eigenvalue weighted by atomic mass is 10.2. The second kappa shape index (κ2) is 5.12. The second-order valence-electron chi connectivity index (χ2n) is 6.01. The van der Waals surface area contributed by atoms with Gasteiger partial charge in [-0.05, 0) is 30.2 Å². The van der Waals surface area contributed by atoms with Gasteiger partial charge < -0.3 is 14.2 Å². The number of hydrogen-bond donors (Lipinski definition) is 0. The van der Waals surface area contributed by atoms with Crippen LogP contribution in [-0.4, -0.2) is 35.9 Å². The van der Waals surface area contributed by atoms with Gasteiger partial charge in [0.05, 0.1) is 5.69 Å².